The lowest BCUT2D eigenvalue weighted by atomic mass is 10.0. The number of aliphatic hydroxyl groups is 1. The molecular weight excluding hydrogens is 369 g/mol. The number of fused-ring (bicyclic) bond motifs is 2. The van der Waals surface area contributed by atoms with Gasteiger partial charge in [0.25, 0.3) is 5.91 Å². The fraction of sp³-hybridized carbons (Fsp3) is 0.217. The zero-order valence-electron chi connectivity index (χ0n) is 16.2. The van der Waals surface area contributed by atoms with Crippen LogP contribution in [0, 0.1) is 11.7 Å². The van der Waals surface area contributed by atoms with Gasteiger partial charge >= 0.3 is 0 Å². The highest BCUT2D eigenvalue weighted by Crippen LogP contribution is 2.32. The Kier molecular flexibility index (Phi) is 5.03. The van der Waals surface area contributed by atoms with E-state index in [0.717, 1.165) is 16.3 Å². The fourth-order valence-corrected chi connectivity index (χ4v) is 3.46. The number of rotatable bonds is 5. The summed E-state index contributed by atoms with van der Waals surface area (Å²) in [5.41, 5.74) is 1.67. The van der Waals surface area contributed by atoms with Crippen LogP contribution >= 0.6 is 0 Å². The van der Waals surface area contributed by atoms with E-state index in [0.29, 0.717) is 11.2 Å². The molecule has 0 unspecified atom stereocenters. The molecule has 0 spiro atoms. The molecule has 3 aromatic carbocycles. The van der Waals surface area contributed by atoms with E-state index in [1.165, 1.54) is 6.07 Å². The van der Waals surface area contributed by atoms with E-state index in [-0.39, 0.29) is 23.5 Å². The second kappa shape index (κ2) is 7.64. The molecule has 148 valence electrons. The van der Waals surface area contributed by atoms with Crippen molar-refractivity contribution in [2.24, 2.45) is 5.92 Å². The number of H-pyrrole nitrogens is 1. The molecule has 0 aliphatic heterocycles. The number of hydrogen-bond donors (Lipinski definition) is 3. The molecule has 0 saturated carbocycles. The number of aliphatic hydroxyl groups excluding tert-OH is 1. The van der Waals surface area contributed by atoms with Crippen LogP contribution in [-0.2, 0) is 0 Å². The van der Waals surface area contributed by atoms with E-state index >= 15 is 4.39 Å². The second-order valence-corrected chi connectivity index (χ2v) is 7.49. The predicted molar refractivity (Wildman–Crippen MR) is 112 cm³/mol. The number of carbonyl (C=O) groups excluding carboxylic acids is 1. The third-order valence-corrected chi connectivity index (χ3v) is 5.25. The summed E-state index contributed by atoms with van der Waals surface area (Å²) in [5.74, 6) is -1.15. The van der Waals surface area contributed by atoms with E-state index in [9.17, 15) is 9.90 Å². The van der Waals surface area contributed by atoms with Crippen molar-refractivity contribution in [2.45, 2.75) is 19.9 Å². The van der Waals surface area contributed by atoms with Crippen molar-refractivity contribution in [3.05, 3.63) is 66.0 Å². The largest absolute Gasteiger partial charge is 0.394 e. The van der Waals surface area contributed by atoms with E-state index in [1.54, 1.807) is 6.07 Å². The zero-order valence-corrected chi connectivity index (χ0v) is 16.2. The first-order valence-electron chi connectivity index (χ1n) is 9.57. The highest BCUT2D eigenvalue weighted by molar-refractivity contribution is 6.03. The monoisotopic (exact) mass is 391 g/mol. The Morgan fingerprint density at radius 3 is 2.62 bits per heavy atom. The maximum atomic E-state index is 15.4. The Balaban J connectivity index is 1.79. The van der Waals surface area contributed by atoms with Gasteiger partial charge in [0.2, 0.25) is 0 Å². The average Bonchev–Trinajstić information content (AvgIpc) is 3.16. The van der Waals surface area contributed by atoms with Crippen molar-refractivity contribution < 1.29 is 14.3 Å². The van der Waals surface area contributed by atoms with Gasteiger partial charge in [-0.05, 0) is 34.9 Å². The molecule has 0 aliphatic rings. The van der Waals surface area contributed by atoms with Gasteiger partial charge in [0.05, 0.1) is 29.1 Å². The SMILES string of the molecule is CC(C)[C@@H](CO)NC(=O)c1ccc2[nH]nc(-c3ccc4ccccc4c3)c2c1F. The molecule has 0 radical (unpaired) electrons. The van der Waals surface area contributed by atoms with Crippen LogP contribution in [0.5, 0.6) is 0 Å². The number of aromatic nitrogens is 2. The lowest BCUT2D eigenvalue weighted by Crippen LogP contribution is -2.41. The van der Waals surface area contributed by atoms with Crippen LogP contribution in [-0.4, -0.2) is 33.9 Å². The molecule has 4 aromatic rings. The summed E-state index contributed by atoms with van der Waals surface area (Å²) in [4.78, 5) is 12.6. The van der Waals surface area contributed by atoms with Crippen molar-refractivity contribution in [1.82, 2.24) is 15.5 Å². The Morgan fingerprint density at radius 2 is 1.90 bits per heavy atom. The Bertz CT molecular complexity index is 1200. The van der Waals surface area contributed by atoms with Crippen LogP contribution in [0.25, 0.3) is 32.9 Å². The summed E-state index contributed by atoms with van der Waals surface area (Å²) in [5, 5.41) is 21.7. The number of nitrogens with one attached hydrogen (secondary N) is 2. The summed E-state index contributed by atoms with van der Waals surface area (Å²) in [7, 11) is 0. The molecule has 3 N–H and O–H groups in total. The molecule has 0 fully saturated rings. The normalized spacial score (nSPS) is 12.6. The van der Waals surface area contributed by atoms with Crippen molar-refractivity contribution in [1.29, 1.82) is 0 Å². The molecule has 0 aliphatic carbocycles. The number of halogens is 1. The lowest BCUT2D eigenvalue weighted by Gasteiger charge is -2.20. The molecule has 29 heavy (non-hydrogen) atoms. The number of carbonyl (C=O) groups is 1. The zero-order chi connectivity index (χ0) is 20.5. The van der Waals surface area contributed by atoms with Crippen LogP contribution in [0.15, 0.2) is 54.6 Å². The highest BCUT2D eigenvalue weighted by Gasteiger charge is 2.22. The van der Waals surface area contributed by atoms with Crippen molar-refractivity contribution >= 4 is 27.6 Å². The molecule has 1 aromatic heterocycles. The van der Waals surface area contributed by atoms with E-state index in [4.69, 9.17) is 0 Å². The van der Waals surface area contributed by atoms with Gasteiger partial charge in [0.1, 0.15) is 11.5 Å². The van der Waals surface area contributed by atoms with Crippen molar-refractivity contribution in [2.75, 3.05) is 6.61 Å². The van der Waals surface area contributed by atoms with Gasteiger partial charge in [-0.2, -0.15) is 5.10 Å². The minimum absolute atomic E-state index is 0.0258. The smallest absolute Gasteiger partial charge is 0.254 e. The summed E-state index contributed by atoms with van der Waals surface area (Å²) < 4.78 is 15.4. The first-order valence-corrected chi connectivity index (χ1v) is 9.57. The van der Waals surface area contributed by atoms with E-state index in [1.807, 2.05) is 56.3 Å². The highest BCUT2D eigenvalue weighted by atomic mass is 19.1. The van der Waals surface area contributed by atoms with Crippen LogP contribution in [0.2, 0.25) is 0 Å². The fourth-order valence-electron chi connectivity index (χ4n) is 3.46. The standard InChI is InChI=1S/C23H22FN3O2/c1-13(2)19(12-28)25-23(29)17-9-10-18-20(21(17)24)22(27-26-18)16-8-7-14-5-3-4-6-15(14)11-16/h3-11,13,19,28H,12H2,1-2H3,(H,25,29)(H,26,27)/t19-/m1/s1. The molecule has 1 atom stereocenters. The third kappa shape index (κ3) is 3.47. The quantitative estimate of drug-likeness (QED) is 0.475. The van der Waals surface area contributed by atoms with Gasteiger partial charge in [-0.1, -0.05) is 50.2 Å². The van der Waals surface area contributed by atoms with Crippen molar-refractivity contribution in [3.63, 3.8) is 0 Å². The van der Waals surface area contributed by atoms with E-state index in [2.05, 4.69) is 15.5 Å². The number of aromatic amines is 1. The number of benzene rings is 3. The van der Waals surface area contributed by atoms with Gasteiger partial charge in [-0.15, -0.1) is 0 Å². The molecule has 6 heteroatoms. The second-order valence-electron chi connectivity index (χ2n) is 7.49. The van der Waals surface area contributed by atoms with Crippen LogP contribution < -0.4 is 5.32 Å². The molecule has 0 bridgehead atoms. The maximum absolute atomic E-state index is 15.4. The summed E-state index contributed by atoms with van der Waals surface area (Å²) in [6.45, 7) is 3.56. The van der Waals surface area contributed by atoms with Gasteiger partial charge < -0.3 is 10.4 Å². The van der Waals surface area contributed by atoms with Gasteiger partial charge in [-0.25, -0.2) is 4.39 Å². The first-order chi connectivity index (χ1) is 14.0. The van der Waals surface area contributed by atoms with Crippen LogP contribution in [0.4, 0.5) is 4.39 Å². The molecule has 4 rings (SSSR count). The first kappa shape index (κ1) is 19.1. The van der Waals surface area contributed by atoms with Crippen LogP contribution in [0.3, 0.4) is 0 Å². The third-order valence-electron chi connectivity index (χ3n) is 5.25. The minimum Gasteiger partial charge on any atom is -0.394 e. The molecule has 0 saturated heterocycles. The average molecular weight is 391 g/mol. The Labute approximate surface area is 167 Å². The van der Waals surface area contributed by atoms with Gasteiger partial charge in [-0.3, -0.25) is 9.89 Å². The molecule has 5 nitrogen and oxygen atoms in total. The summed E-state index contributed by atoms with van der Waals surface area (Å²) >= 11 is 0. The minimum atomic E-state index is -0.627. The van der Waals surface area contributed by atoms with Gasteiger partial charge in [0.15, 0.2) is 0 Å². The number of amides is 1. The topological polar surface area (TPSA) is 78.0 Å². The Morgan fingerprint density at radius 1 is 1.14 bits per heavy atom. The molecule has 1 heterocycles. The van der Waals surface area contributed by atoms with E-state index < -0.39 is 17.8 Å². The maximum Gasteiger partial charge on any atom is 0.254 e. The lowest BCUT2D eigenvalue weighted by molar-refractivity contribution is 0.0893. The van der Waals surface area contributed by atoms with Crippen LogP contribution in [0.1, 0.15) is 24.2 Å². The number of hydrogen-bond acceptors (Lipinski definition) is 3. The summed E-state index contributed by atoms with van der Waals surface area (Å²) in [6.07, 6.45) is 0. The molecular formula is C23H22FN3O2. The summed E-state index contributed by atoms with van der Waals surface area (Å²) in [6, 6.07) is 16.4. The number of nitrogens with zero attached hydrogens (tertiary/aromatic N) is 1. The predicted octanol–water partition coefficient (Wildman–Crippen LogP) is 4.27. The molecule has 1 amide bonds. The van der Waals surface area contributed by atoms with Crippen molar-refractivity contribution in [3.8, 4) is 11.3 Å². The Hall–Kier alpha value is -3.25. The van der Waals surface area contributed by atoms with Gasteiger partial charge in [0, 0.05) is 5.56 Å².